The van der Waals surface area contributed by atoms with Gasteiger partial charge in [0, 0.05) is 25.3 Å². The quantitative estimate of drug-likeness (QED) is 0.652. The van der Waals surface area contributed by atoms with Crippen molar-refractivity contribution in [3.05, 3.63) is 33.1 Å². The number of aryl methyl sites for hydroxylation is 1. The molecule has 11 heteroatoms. The molecule has 25 heavy (non-hydrogen) atoms. The van der Waals surface area contributed by atoms with E-state index in [1.165, 1.54) is 13.1 Å². The Morgan fingerprint density at radius 3 is 2.56 bits per heavy atom. The van der Waals surface area contributed by atoms with Gasteiger partial charge in [-0.1, -0.05) is 0 Å². The number of hydrogen-bond donors (Lipinski definition) is 3. The number of aromatic amines is 1. The third kappa shape index (κ3) is 3.92. The number of hydrogen-bond acceptors (Lipinski definition) is 6. The molecule has 0 bridgehead atoms. The number of halogens is 1. The first-order valence-corrected chi connectivity index (χ1v) is 9.13. The molecule has 2 aromatic heterocycles. The Morgan fingerprint density at radius 1 is 1.28 bits per heavy atom. The summed E-state index contributed by atoms with van der Waals surface area (Å²) < 4.78 is 28.8. The molecule has 9 nitrogen and oxygen atoms in total. The first-order chi connectivity index (χ1) is 11.3. The summed E-state index contributed by atoms with van der Waals surface area (Å²) in [7, 11) is -2.35. The molecule has 0 amide bonds. The van der Waals surface area contributed by atoms with Crippen molar-refractivity contribution in [2.45, 2.75) is 42.7 Å². The fourth-order valence-corrected chi connectivity index (χ4v) is 4.16. The zero-order valence-corrected chi connectivity index (χ0v) is 15.2. The van der Waals surface area contributed by atoms with Crippen LogP contribution in [-0.4, -0.2) is 35.0 Å². The van der Waals surface area contributed by atoms with Crippen LogP contribution >= 0.6 is 12.4 Å². The third-order valence-corrected chi connectivity index (χ3v) is 5.82. The molecule has 0 saturated heterocycles. The summed E-state index contributed by atoms with van der Waals surface area (Å²) >= 11 is 0. The van der Waals surface area contributed by atoms with Gasteiger partial charge < -0.3 is 5.73 Å². The second-order valence-electron chi connectivity index (χ2n) is 6.09. The topological polar surface area (TPSA) is 140 Å². The van der Waals surface area contributed by atoms with Crippen molar-refractivity contribution in [2.75, 3.05) is 0 Å². The standard InChI is InChI=1S/C14H19N5O4S.ClH/c1-19-12-11(13(20)17-14(19)21)6-10(7-16-12)24(22,23)18-9-4-2-8(15)3-5-9;/h6-9,18H,2-5,15H2,1H3,(H,17,20,21);1H. The maximum Gasteiger partial charge on any atom is 0.329 e. The van der Waals surface area contributed by atoms with E-state index in [-0.39, 0.29) is 40.4 Å². The molecule has 2 heterocycles. The first kappa shape index (κ1) is 19.6. The molecule has 3 rings (SSSR count). The van der Waals surface area contributed by atoms with Crippen molar-refractivity contribution in [2.24, 2.45) is 12.8 Å². The zero-order chi connectivity index (χ0) is 17.5. The Kier molecular flexibility index (Phi) is 5.67. The highest BCUT2D eigenvalue weighted by Gasteiger charge is 2.25. The number of H-pyrrole nitrogens is 1. The number of fused-ring (bicyclic) bond motifs is 1. The number of nitrogens with zero attached hydrogens (tertiary/aromatic N) is 2. The molecule has 1 aliphatic carbocycles. The van der Waals surface area contributed by atoms with Gasteiger partial charge in [-0.2, -0.15) is 0 Å². The van der Waals surface area contributed by atoms with E-state index in [4.69, 9.17) is 5.73 Å². The highest BCUT2D eigenvalue weighted by molar-refractivity contribution is 7.89. The van der Waals surface area contributed by atoms with E-state index in [0.29, 0.717) is 12.8 Å². The maximum atomic E-state index is 12.5. The second kappa shape index (κ2) is 7.24. The number of nitrogens with one attached hydrogen (secondary N) is 2. The van der Waals surface area contributed by atoms with Gasteiger partial charge in [-0.05, 0) is 31.7 Å². The van der Waals surface area contributed by atoms with Gasteiger partial charge in [0.05, 0.1) is 5.39 Å². The van der Waals surface area contributed by atoms with Gasteiger partial charge in [-0.15, -0.1) is 12.4 Å². The fraction of sp³-hybridized carbons (Fsp3) is 0.500. The lowest BCUT2D eigenvalue weighted by Crippen LogP contribution is -2.40. The van der Waals surface area contributed by atoms with Crippen molar-refractivity contribution < 1.29 is 8.42 Å². The molecule has 138 valence electrons. The average Bonchev–Trinajstić information content (AvgIpc) is 2.54. The van der Waals surface area contributed by atoms with E-state index in [1.807, 2.05) is 0 Å². The molecule has 1 aliphatic rings. The van der Waals surface area contributed by atoms with E-state index < -0.39 is 21.3 Å². The van der Waals surface area contributed by atoms with Crippen LogP contribution in [0.2, 0.25) is 0 Å². The van der Waals surface area contributed by atoms with Crippen LogP contribution in [0, 0.1) is 0 Å². The summed E-state index contributed by atoms with van der Waals surface area (Å²) in [5, 5.41) is 0.0469. The Hall–Kier alpha value is -1.75. The first-order valence-electron chi connectivity index (χ1n) is 7.65. The predicted octanol–water partition coefficient (Wildman–Crippen LogP) is -0.408. The van der Waals surface area contributed by atoms with Gasteiger partial charge in [0.1, 0.15) is 10.5 Å². The molecular weight excluding hydrogens is 370 g/mol. The van der Waals surface area contributed by atoms with Gasteiger partial charge in [0.15, 0.2) is 0 Å². The third-order valence-electron chi connectivity index (χ3n) is 4.33. The summed E-state index contributed by atoms with van der Waals surface area (Å²) in [4.78, 5) is 29.5. The molecule has 0 spiro atoms. The van der Waals surface area contributed by atoms with Crippen LogP contribution in [-0.2, 0) is 17.1 Å². The molecule has 0 atom stereocenters. The minimum absolute atomic E-state index is 0. The van der Waals surface area contributed by atoms with Crippen LogP contribution in [0.15, 0.2) is 26.7 Å². The molecular formula is C14H20ClN5O4S. The van der Waals surface area contributed by atoms with Crippen molar-refractivity contribution in [3.8, 4) is 0 Å². The lowest BCUT2D eigenvalue weighted by Gasteiger charge is -2.26. The normalized spacial score (nSPS) is 21.0. The minimum atomic E-state index is -3.80. The van der Waals surface area contributed by atoms with Gasteiger partial charge in [0.2, 0.25) is 10.0 Å². The van der Waals surface area contributed by atoms with Crippen LogP contribution in [0.4, 0.5) is 0 Å². The SMILES string of the molecule is Cl.Cn1c(=O)[nH]c(=O)c2cc(S(=O)(=O)NC3CCC(N)CC3)cnc21. The summed E-state index contributed by atoms with van der Waals surface area (Å²) in [6.07, 6.45) is 4.04. The van der Waals surface area contributed by atoms with Crippen LogP contribution in [0.5, 0.6) is 0 Å². The molecule has 0 radical (unpaired) electrons. The van der Waals surface area contributed by atoms with Crippen LogP contribution in [0.3, 0.4) is 0 Å². The highest BCUT2D eigenvalue weighted by Crippen LogP contribution is 2.20. The number of sulfonamides is 1. The van der Waals surface area contributed by atoms with Crippen molar-refractivity contribution in [3.63, 3.8) is 0 Å². The minimum Gasteiger partial charge on any atom is -0.328 e. The molecule has 1 saturated carbocycles. The zero-order valence-electron chi connectivity index (χ0n) is 13.6. The number of aromatic nitrogens is 3. The second-order valence-corrected chi connectivity index (χ2v) is 7.81. The summed E-state index contributed by atoms with van der Waals surface area (Å²) in [6.45, 7) is 0. The molecule has 0 aromatic carbocycles. The lowest BCUT2D eigenvalue weighted by molar-refractivity contribution is 0.373. The predicted molar refractivity (Wildman–Crippen MR) is 95.4 cm³/mol. The number of rotatable bonds is 3. The Morgan fingerprint density at radius 2 is 1.92 bits per heavy atom. The Bertz CT molecular complexity index is 992. The van der Waals surface area contributed by atoms with Gasteiger partial charge in [-0.3, -0.25) is 14.3 Å². The van der Waals surface area contributed by atoms with Crippen molar-refractivity contribution >= 4 is 33.5 Å². The van der Waals surface area contributed by atoms with E-state index in [1.54, 1.807) is 0 Å². The van der Waals surface area contributed by atoms with Gasteiger partial charge in [0.25, 0.3) is 5.56 Å². The maximum absolute atomic E-state index is 12.5. The van der Waals surface area contributed by atoms with Crippen molar-refractivity contribution in [1.29, 1.82) is 0 Å². The van der Waals surface area contributed by atoms with Crippen LogP contribution in [0.1, 0.15) is 25.7 Å². The van der Waals surface area contributed by atoms with Crippen LogP contribution < -0.4 is 21.7 Å². The van der Waals surface area contributed by atoms with Crippen molar-refractivity contribution in [1.82, 2.24) is 19.3 Å². The van der Waals surface area contributed by atoms with E-state index in [0.717, 1.165) is 23.6 Å². The number of pyridine rings is 1. The molecule has 2 aromatic rings. The molecule has 4 N–H and O–H groups in total. The van der Waals surface area contributed by atoms with Gasteiger partial charge in [-0.25, -0.2) is 22.9 Å². The molecule has 0 unspecified atom stereocenters. The average molecular weight is 390 g/mol. The Labute approximate surface area is 150 Å². The monoisotopic (exact) mass is 389 g/mol. The largest absolute Gasteiger partial charge is 0.329 e. The smallest absolute Gasteiger partial charge is 0.328 e. The summed E-state index contributed by atoms with van der Waals surface area (Å²) in [5.74, 6) is 0. The lowest BCUT2D eigenvalue weighted by atomic mass is 9.93. The summed E-state index contributed by atoms with van der Waals surface area (Å²) in [5.41, 5.74) is 4.68. The van der Waals surface area contributed by atoms with Gasteiger partial charge >= 0.3 is 5.69 Å². The van der Waals surface area contributed by atoms with E-state index >= 15 is 0 Å². The van der Waals surface area contributed by atoms with Crippen LogP contribution in [0.25, 0.3) is 11.0 Å². The highest BCUT2D eigenvalue weighted by atomic mass is 35.5. The fourth-order valence-electron chi connectivity index (χ4n) is 2.89. The molecule has 1 fully saturated rings. The van der Waals surface area contributed by atoms with E-state index in [2.05, 4.69) is 14.7 Å². The number of nitrogens with two attached hydrogens (primary N) is 1. The molecule has 0 aliphatic heterocycles. The summed E-state index contributed by atoms with van der Waals surface area (Å²) in [6, 6.07) is 1.18. The van der Waals surface area contributed by atoms with E-state index in [9.17, 15) is 18.0 Å². The Balaban J connectivity index is 0.00000225.